The number of hydrogen-bond donors (Lipinski definition) is 1. The van der Waals surface area contributed by atoms with Crippen LogP contribution in [0.5, 0.6) is 11.5 Å². The van der Waals surface area contributed by atoms with Gasteiger partial charge >= 0.3 is 5.97 Å². The number of benzene rings is 1. The van der Waals surface area contributed by atoms with Crippen LogP contribution in [0.15, 0.2) is 24.3 Å². The normalized spacial score (nSPS) is 15.1. The van der Waals surface area contributed by atoms with Crippen molar-refractivity contribution >= 4 is 11.9 Å². The Labute approximate surface area is 141 Å². The minimum absolute atomic E-state index is 0.0707. The molecule has 1 aromatic rings. The highest BCUT2D eigenvalue weighted by Crippen LogP contribution is 2.17. The van der Waals surface area contributed by atoms with Crippen molar-refractivity contribution in [3.8, 4) is 11.5 Å². The van der Waals surface area contributed by atoms with Gasteiger partial charge in [0.1, 0.15) is 11.5 Å². The van der Waals surface area contributed by atoms with E-state index in [0.717, 1.165) is 18.8 Å². The van der Waals surface area contributed by atoms with Gasteiger partial charge in [-0.05, 0) is 24.3 Å². The molecule has 1 aromatic carbocycles. The fraction of sp³-hybridized carbons (Fsp3) is 0.529. The van der Waals surface area contributed by atoms with Crippen LogP contribution >= 0.6 is 0 Å². The SMILES string of the molecule is COc1ccc(OCCC(=O)N2CCN(CCC(=O)O)CC2)cc1. The summed E-state index contributed by atoms with van der Waals surface area (Å²) < 4.78 is 10.7. The van der Waals surface area contributed by atoms with E-state index in [2.05, 4.69) is 4.90 Å². The van der Waals surface area contributed by atoms with Crippen molar-refractivity contribution < 1.29 is 24.2 Å². The van der Waals surface area contributed by atoms with Crippen molar-refractivity contribution in [1.29, 1.82) is 0 Å². The van der Waals surface area contributed by atoms with E-state index >= 15 is 0 Å². The molecule has 0 unspecified atom stereocenters. The summed E-state index contributed by atoms with van der Waals surface area (Å²) in [7, 11) is 1.61. The van der Waals surface area contributed by atoms with Gasteiger partial charge in [-0.3, -0.25) is 14.5 Å². The van der Waals surface area contributed by atoms with Gasteiger partial charge in [0, 0.05) is 32.7 Å². The van der Waals surface area contributed by atoms with Gasteiger partial charge in [0.2, 0.25) is 5.91 Å². The lowest BCUT2D eigenvalue weighted by Crippen LogP contribution is -2.49. The third-order valence-electron chi connectivity index (χ3n) is 4.01. The second-order valence-corrected chi connectivity index (χ2v) is 5.64. The smallest absolute Gasteiger partial charge is 0.304 e. The molecule has 7 heteroatoms. The molecule has 7 nitrogen and oxygen atoms in total. The summed E-state index contributed by atoms with van der Waals surface area (Å²) in [6.45, 7) is 3.60. The summed E-state index contributed by atoms with van der Waals surface area (Å²) in [4.78, 5) is 26.6. The first-order valence-electron chi connectivity index (χ1n) is 8.07. The molecule has 132 valence electrons. The molecule has 0 aromatic heterocycles. The number of rotatable bonds is 8. The Morgan fingerprint density at radius 3 is 2.25 bits per heavy atom. The van der Waals surface area contributed by atoms with E-state index in [1.54, 1.807) is 7.11 Å². The Morgan fingerprint density at radius 1 is 1.04 bits per heavy atom. The lowest BCUT2D eigenvalue weighted by Gasteiger charge is -2.34. The average Bonchev–Trinajstić information content (AvgIpc) is 2.61. The Kier molecular flexibility index (Phi) is 6.87. The number of amides is 1. The maximum absolute atomic E-state index is 12.2. The van der Waals surface area contributed by atoms with Gasteiger partial charge in [-0.15, -0.1) is 0 Å². The van der Waals surface area contributed by atoms with Gasteiger partial charge in [-0.2, -0.15) is 0 Å². The predicted octanol–water partition coefficient (Wildman–Crippen LogP) is 1.08. The second kappa shape index (κ2) is 9.12. The summed E-state index contributed by atoms with van der Waals surface area (Å²) in [5, 5.41) is 8.69. The van der Waals surface area contributed by atoms with Crippen LogP contribution in [-0.2, 0) is 9.59 Å². The number of carbonyl (C=O) groups is 2. The standard InChI is InChI=1S/C17H24N2O5/c1-23-14-2-4-15(5-3-14)24-13-7-16(20)19-11-9-18(10-12-19)8-6-17(21)22/h2-5H,6-13H2,1H3,(H,21,22). The average molecular weight is 336 g/mol. The van der Waals surface area contributed by atoms with Crippen molar-refractivity contribution in [2.24, 2.45) is 0 Å². The van der Waals surface area contributed by atoms with Gasteiger partial charge < -0.3 is 19.5 Å². The highest BCUT2D eigenvalue weighted by Gasteiger charge is 2.21. The molecule has 24 heavy (non-hydrogen) atoms. The summed E-state index contributed by atoms with van der Waals surface area (Å²) in [5.74, 6) is 0.756. The van der Waals surface area contributed by atoms with Crippen LogP contribution in [0, 0.1) is 0 Å². The summed E-state index contributed by atoms with van der Waals surface area (Å²) in [6.07, 6.45) is 0.477. The number of aliphatic carboxylic acids is 1. The molecular weight excluding hydrogens is 312 g/mol. The third kappa shape index (κ3) is 5.73. The predicted molar refractivity (Wildman–Crippen MR) is 88.4 cm³/mol. The third-order valence-corrected chi connectivity index (χ3v) is 4.01. The van der Waals surface area contributed by atoms with E-state index < -0.39 is 5.97 Å². The number of nitrogens with zero attached hydrogens (tertiary/aromatic N) is 2. The first-order valence-corrected chi connectivity index (χ1v) is 8.07. The molecule has 0 bridgehead atoms. The van der Waals surface area contributed by atoms with Crippen molar-refractivity contribution in [2.45, 2.75) is 12.8 Å². The molecule has 1 amide bonds. The van der Waals surface area contributed by atoms with Gasteiger partial charge in [-0.25, -0.2) is 0 Å². The summed E-state index contributed by atoms with van der Waals surface area (Å²) in [6, 6.07) is 7.25. The molecule has 1 aliphatic rings. The maximum Gasteiger partial charge on any atom is 0.304 e. The first-order chi connectivity index (χ1) is 11.6. The summed E-state index contributed by atoms with van der Waals surface area (Å²) >= 11 is 0. The molecule has 0 saturated carbocycles. The molecule has 2 rings (SSSR count). The zero-order valence-electron chi connectivity index (χ0n) is 13.9. The molecule has 0 radical (unpaired) electrons. The molecule has 1 saturated heterocycles. The Bertz CT molecular complexity index is 538. The van der Waals surface area contributed by atoms with Crippen LogP contribution in [0.4, 0.5) is 0 Å². The van der Waals surface area contributed by atoms with Crippen molar-refractivity contribution in [2.75, 3.05) is 46.4 Å². The van der Waals surface area contributed by atoms with E-state index in [0.29, 0.717) is 38.4 Å². The minimum Gasteiger partial charge on any atom is -0.497 e. The monoisotopic (exact) mass is 336 g/mol. The van der Waals surface area contributed by atoms with E-state index in [-0.39, 0.29) is 12.3 Å². The minimum atomic E-state index is -0.788. The first kappa shape index (κ1) is 18.1. The van der Waals surface area contributed by atoms with Crippen molar-refractivity contribution in [3.05, 3.63) is 24.3 Å². The number of ether oxygens (including phenoxy) is 2. The van der Waals surface area contributed by atoms with Crippen LogP contribution in [0.1, 0.15) is 12.8 Å². The number of carbonyl (C=O) groups excluding carboxylic acids is 1. The molecule has 1 aliphatic heterocycles. The molecule has 0 aliphatic carbocycles. The van der Waals surface area contributed by atoms with E-state index in [1.165, 1.54) is 0 Å². The van der Waals surface area contributed by atoms with Gasteiger partial charge in [0.15, 0.2) is 0 Å². The van der Waals surface area contributed by atoms with Crippen molar-refractivity contribution in [1.82, 2.24) is 9.80 Å². The molecule has 1 heterocycles. The Balaban J connectivity index is 1.65. The second-order valence-electron chi connectivity index (χ2n) is 5.64. The molecule has 1 fully saturated rings. The Hall–Kier alpha value is -2.28. The number of carboxylic acids is 1. The van der Waals surface area contributed by atoms with Crippen molar-refractivity contribution in [3.63, 3.8) is 0 Å². The fourth-order valence-electron chi connectivity index (χ4n) is 2.56. The van der Waals surface area contributed by atoms with Crippen LogP contribution in [-0.4, -0.2) is 73.2 Å². The maximum atomic E-state index is 12.2. The summed E-state index contributed by atoms with van der Waals surface area (Å²) in [5.41, 5.74) is 0. The topological polar surface area (TPSA) is 79.3 Å². The zero-order valence-corrected chi connectivity index (χ0v) is 13.9. The van der Waals surface area contributed by atoms with Crippen LogP contribution < -0.4 is 9.47 Å². The number of methoxy groups -OCH3 is 1. The highest BCUT2D eigenvalue weighted by molar-refractivity contribution is 5.76. The number of hydrogen-bond acceptors (Lipinski definition) is 5. The van der Waals surface area contributed by atoms with E-state index in [1.807, 2.05) is 29.2 Å². The molecule has 0 atom stereocenters. The highest BCUT2D eigenvalue weighted by atomic mass is 16.5. The van der Waals surface area contributed by atoms with Crippen LogP contribution in [0.3, 0.4) is 0 Å². The molecule has 0 spiro atoms. The lowest BCUT2D eigenvalue weighted by molar-refractivity contribution is -0.138. The Morgan fingerprint density at radius 2 is 1.67 bits per heavy atom. The zero-order chi connectivity index (χ0) is 17.4. The van der Waals surface area contributed by atoms with Gasteiger partial charge in [-0.1, -0.05) is 0 Å². The van der Waals surface area contributed by atoms with E-state index in [4.69, 9.17) is 14.6 Å². The quantitative estimate of drug-likeness (QED) is 0.765. The van der Waals surface area contributed by atoms with Gasteiger partial charge in [0.05, 0.1) is 26.6 Å². The largest absolute Gasteiger partial charge is 0.497 e. The molecular formula is C17H24N2O5. The molecule has 1 N–H and O–H groups in total. The van der Waals surface area contributed by atoms with Gasteiger partial charge in [0.25, 0.3) is 0 Å². The number of carboxylic acid groups (broad SMARTS) is 1. The van der Waals surface area contributed by atoms with Crippen LogP contribution in [0.2, 0.25) is 0 Å². The van der Waals surface area contributed by atoms with E-state index in [9.17, 15) is 9.59 Å². The van der Waals surface area contributed by atoms with Crippen LogP contribution in [0.25, 0.3) is 0 Å². The fourth-order valence-corrected chi connectivity index (χ4v) is 2.56. The lowest BCUT2D eigenvalue weighted by atomic mass is 10.2. The number of piperazine rings is 1.